The van der Waals surface area contributed by atoms with Gasteiger partial charge in [-0.1, -0.05) is 60.7 Å². The molecule has 4 aromatic rings. The minimum Gasteiger partial charge on any atom is -0.466 e. The van der Waals surface area contributed by atoms with Crippen molar-refractivity contribution in [3.8, 4) is 0 Å². The van der Waals surface area contributed by atoms with Gasteiger partial charge in [0.25, 0.3) is 0 Å². The van der Waals surface area contributed by atoms with Crippen LogP contribution in [0.15, 0.2) is 95.6 Å². The van der Waals surface area contributed by atoms with Gasteiger partial charge in [0.1, 0.15) is 11.9 Å². The van der Waals surface area contributed by atoms with Gasteiger partial charge in [0.15, 0.2) is 0 Å². The Morgan fingerprint density at radius 2 is 1.55 bits per heavy atom. The molecule has 0 saturated carbocycles. The summed E-state index contributed by atoms with van der Waals surface area (Å²) in [7, 11) is 0. The highest BCUT2D eigenvalue weighted by atomic mass is 32.1. The molecule has 0 fully saturated rings. The summed E-state index contributed by atoms with van der Waals surface area (Å²) < 4.78 is 5.27. The lowest BCUT2D eigenvalue weighted by atomic mass is 9.90. The van der Waals surface area contributed by atoms with E-state index in [1.807, 2.05) is 72.8 Å². The van der Waals surface area contributed by atoms with Crippen LogP contribution >= 0.6 is 11.3 Å². The van der Waals surface area contributed by atoms with Gasteiger partial charge in [-0.3, -0.25) is 4.79 Å². The molecule has 0 radical (unpaired) electrons. The topological polar surface area (TPSA) is 62.5 Å². The molecule has 2 aromatic carbocycles. The second-order valence-electron chi connectivity index (χ2n) is 6.69. The van der Waals surface area contributed by atoms with E-state index in [-0.39, 0.29) is 11.8 Å². The molecular weight excluding hydrogens is 382 g/mol. The third-order valence-corrected chi connectivity index (χ3v) is 5.87. The predicted octanol–water partition coefficient (Wildman–Crippen LogP) is 4.87. The minimum absolute atomic E-state index is 0.0519. The minimum atomic E-state index is -0.791. The zero-order chi connectivity index (χ0) is 20.1. The molecule has 4 rings (SSSR count). The third-order valence-electron chi connectivity index (χ3n) is 4.73. The molecule has 0 aliphatic heterocycles. The van der Waals surface area contributed by atoms with Gasteiger partial charge in [-0.2, -0.15) is 0 Å². The Morgan fingerprint density at radius 3 is 2.14 bits per heavy atom. The zero-order valence-electron chi connectivity index (χ0n) is 15.7. The summed E-state index contributed by atoms with van der Waals surface area (Å²) >= 11 is 1.46. The second kappa shape index (κ2) is 8.90. The lowest BCUT2D eigenvalue weighted by Gasteiger charge is -2.17. The molecule has 2 aromatic heterocycles. The van der Waals surface area contributed by atoms with Crippen LogP contribution in [0.3, 0.4) is 0 Å². The van der Waals surface area contributed by atoms with Crippen LogP contribution in [0.1, 0.15) is 38.7 Å². The fraction of sp³-hybridized carbons (Fsp3) is 0.125. The highest BCUT2D eigenvalue weighted by molar-refractivity contribution is 7.12. The Labute approximate surface area is 173 Å². The first kappa shape index (κ1) is 19.2. The number of furan rings is 1. The summed E-state index contributed by atoms with van der Waals surface area (Å²) in [5.74, 6) is 0.0881. The Morgan fingerprint density at radius 1 is 0.897 bits per heavy atom. The van der Waals surface area contributed by atoms with Gasteiger partial charge in [-0.25, -0.2) is 0 Å². The summed E-state index contributed by atoms with van der Waals surface area (Å²) in [6, 6.07) is 26.8. The SMILES string of the molecule is O=C(NCc1ccc(C(O)c2ccco2)s1)C(c1ccccc1)c1ccccc1. The van der Waals surface area contributed by atoms with Gasteiger partial charge < -0.3 is 14.8 Å². The van der Waals surface area contributed by atoms with E-state index in [9.17, 15) is 9.90 Å². The number of hydrogen-bond acceptors (Lipinski definition) is 4. The van der Waals surface area contributed by atoms with Gasteiger partial charge in [0, 0.05) is 9.75 Å². The highest BCUT2D eigenvalue weighted by Crippen LogP contribution is 2.29. The maximum atomic E-state index is 13.1. The van der Waals surface area contributed by atoms with Crippen molar-refractivity contribution in [1.82, 2.24) is 5.32 Å². The van der Waals surface area contributed by atoms with Crippen molar-refractivity contribution in [2.24, 2.45) is 0 Å². The molecule has 5 heteroatoms. The molecule has 4 nitrogen and oxygen atoms in total. The highest BCUT2D eigenvalue weighted by Gasteiger charge is 2.22. The molecule has 2 N–H and O–H groups in total. The molecule has 0 aliphatic rings. The van der Waals surface area contributed by atoms with Gasteiger partial charge >= 0.3 is 0 Å². The van der Waals surface area contributed by atoms with E-state index in [0.29, 0.717) is 12.3 Å². The lowest BCUT2D eigenvalue weighted by molar-refractivity contribution is -0.121. The van der Waals surface area contributed by atoms with Crippen molar-refractivity contribution in [2.75, 3.05) is 0 Å². The lowest BCUT2D eigenvalue weighted by Crippen LogP contribution is -2.29. The number of carbonyl (C=O) groups is 1. The number of rotatable bonds is 7. The number of aliphatic hydroxyl groups is 1. The summed E-state index contributed by atoms with van der Waals surface area (Å²) in [5.41, 5.74) is 1.91. The second-order valence-corrected chi connectivity index (χ2v) is 7.89. The molecule has 29 heavy (non-hydrogen) atoms. The van der Waals surface area contributed by atoms with Gasteiger partial charge in [-0.05, 0) is 35.4 Å². The van der Waals surface area contributed by atoms with E-state index in [2.05, 4.69) is 5.32 Å². The van der Waals surface area contributed by atoms with E-state index < -0.39 is 6.10 Å². The van der Waals surface area contributed by atoms with Crippen LogP contribution in [0.25, 0.3) is 0 Å². The average molecular weight is 404 g/mol. The normalized spacial score (nSPS) is 12.1. The molecule has 0 spiro atoms. The van der Waals surface area contributed by atoms with Crippen molar-refractivity contribution in [3.05, 3.63) is 118 Å². The number of amides is 1. The summed E-state index contributed by atoms with van der Waals surface area (Å²) in [6.07, 6.45) is 0.751. The Balaban J connectivity index is 1.48. The summed E-state index contributed by atoms with van der Waals surface area (Å²) in [4.78, 5) is 14.8. The van der Waals surface area contributed by atoms with E-state index in [4.69, 9.17) is 4.42 Å². The molecule has 146 valence electrons. The van der Waals surface area contributed by atoms with Crippen molar-refractivity contribution >= 4 is 17.2 Å². The largest absolute Gasteiger partial charge is 0.466 e. The standard InChI is InChI=1S/C24H21NO3S/c26-23(20-12-7-15-28-20)21-14-13-19(29-21)16-25-24(27)22(17-8-3-1-4-9-17)18-10-5-2-6-11-18/h1-15,22-23,26H,16H2,(H,25,27). The van der Waals surface area contributed by atoms with Crippen molar-refractivity contribution < 1.29 is 14.3 Å². The molecule has 1 unspecified atom stereocenters. The summed E-state index contributed by atoms with van der Waals surface area (Å²) in [6.45, 7) is 0.407. The monoisotopic (exact) mass is 403 g/mol. The van der Waals surface area contributed by atoms with E-state index >= 15 is 0 Å². The van der Waals surface area contributed by atoms with Gasteiger partial charge in [0.05, 0.1) is 18.7 Å². The first-order chi connectivity index (χ1) is 14.2. The van der Waals surface area contributed by atoms with Crippen LogP contribution in [0, 0.1) is 0 Å². The van der Waals surface area contributed by atoms with Gasteiger partial charge in [0.2, 0.25) is 5.91 Å². The van der Waals surface area contributed by atoms with Crippen molar-refractivity contribution in [3.63, 3.8) is 0 Å². The number of carbonyl (C=O) groups excluding carboxylic acids is 1. The predicted molar refractivity (Wildman–Crippen MR) is 114 cm³/mol. The number of hydrogen-bond donors (Lipinski definition) is 2. The van der Waals surface area contributed by atoms with Crippen LogP contribution in [-0.2, 0) is 11.3 Å². The van der Waals surface area contributed by atoms with Crippen LogP contribution in [0.4, 0.5) is 0 Å². The smallest absolute Gasteiger partial charge is 0.232 e. The van der Waals surface area contributed by atoms with Crippen LogP contribution in [-0.4, -0.2) is 11.0 Å². The Bertz CT molecular complexity index is 1000. The number of thiophene rings is 1. The quantitative estimate of drug-likeness (QED) is 0.463. The van der Waals surface area contributed by atoms with Crippen molar-refractivity contribution in [2.45, 2.75) is 18.6 Å². The van der Waals surface area contributed by atoms with Crippen LogP contribution in [0.2, 0.25) is 0 Å². The van der Waals surface area contributed by atoms with E-state index in [0.717, 1.165) is 20.9 Å². The molecule has 1 atom stereocenters. The average Bonchev–Trinajstić information content (AvgIpc) is 3.46. The Kier molecular flexibility index (Phi) is 5.89. The van der Waals surface area contributed by atoms with Crippen molar-refractivity contribution in [1.29, 1.82) is 0 Å². The number of benzene rings is 2. The first-order valence-corrected chi connectivity index (χ1v) is 10.2. The molecule has 0 bridgehead atoms. The fourth-order valence-corrected chi connectivity index (χ4v) is 4.23. The van der Waals surface area contributed by atoms with Crippen LogP contribution in [0.5, 0.6) is 0 Å². The number of aliphatic hydroxyl groups excluding tert-OH is 1. The zero-order valence-corrected chi connectivity index (χ0v) is 16.5. The maximum Gasteiger partial charge on any atom is 0.232 e. The third kappa shape index (κ3) is 4.47. The molecule has 2 heterocycles. The van der Waals surface area contributed by atoms with Crippen LogP contribution < -0.4 is 5.32 Å². The molecule has 1 amide bonds. The molecular formula is C24H21NO3S. The molecule has 0 saturated heterocycles. The van der Waals surface area contributed by atoms with E-state index in [1.54, 1.807) is 18.4 Å². The van der Waals surface area contributed by atoms with E-state index in [1.165, 1.54) is 11.3 Å². The fourth-order valence-electron chi connectivity index (χ4n) is 3.29. The number of nitrogens with one attached hydrogen (secondary N) is 1. The first-order valence-electron chi connectivity index (χ1n) is 9.40. The molecule has 0 aliphatic carbocycles. The summed E-state index contributed by atoms with van der Waals surface area (Å²) in [5, 5.41) is 13.4. The van der Waals surface area contributed by atoms with Gasteiger partial charge in [-0.15, -0.1) is 11.3 Å². The maximum absolute atomic E-state index is 13.1. The Hall–Kier alpha value is -3.15.